The molecule has 5 heteroatoms. The zero-order valence-corrected chi connectivity index (χ0v) is 13.9. The molecule has 0 amide bonds. The molecule has 0 heterocycles. The molecule has 0 aromatic heterocycles. The third kappa shape index (κ3) is 4.15. The molecule has 0 spiro atoms. The Morgan fingerprint density at radius 3 is 1.59 bits per heavy atom. The summed E-state index contributed by atoms with van der Waals surface area (Å²) < 4.78 is 10.2. The fraction of sp³-hybridized carbons (Fsp3) is 0.235. The Labute approximate surface area is 139 Å². The maximum atomic E-state index is 12.2. The minimum atomic E-state index is 0.0856. The highest BCUT2D eigenvalue weighted by Gasteiger charge is 2.09. The van der Waals surface area contributed by atoms with Crippen molar-refractivity contribution in [2.24, 2.45) is 0 Å². The average molecular weight is 339 g/mol. The first-order valence-electron chi connectivity index (χ1n) is 6.70. The van der Waals surface area contributed by atoms with Gasteiger partial charge in [0.25, 0.3) is 0 Å². The SMILES string of the molecule is COc1ccc(CC(=O)Cc2ccc(OC)c(Cl)c2)cc1Cl. The van der Waals surface area contributed by atoms with E-state index in [2.05, 4.69) is 0 Å². The molecule has 2 aromatic rings. The first-order chi connectivity index (χ1) is 10.5. The topological polar surface area (TPSA) is 35.5 Å². The van der Waals surface area contributed by atoms with E-state index in [0.29, 0.717) is 34.4 Å². The number of halogens is 2. The minimum Gasteiger partial charge on any atom is -0.495 e. The number of hydrogen-bond donors (Lipinski definition) is 0. The van der Waals surface area contributed by atoms with Crippen LogP contribution in [0.4, 0.5) is 0 Å². The second-order valence-electron chi connectivity index (χ2n) is 4.83. The van der Waals surface area contributed by atoms with Gasteiger partial charge in [-0.3, -0.25) is 4.79 Å². The van der Waals surface area contributed by atoms with Gasteiger partial charge in [-0.15, -0.1) is 0 Å². The number of Topliss-reactive ketones (excluding diaryl/α,β-unsaturated/α-hetero) is 1. The smallest absolute Gasteiger partial charge is 0.141 e. The van der Waals surface area contributed by atoms with Gasteiger partial charge in [0.15, 0.2) is 0 Å². The molecule has 2 rings (SSSR count). The average Bonchev–Trinajstić information content (AvgIpc) is 2.47. The van der Waals surface area contributed by atoms with E-state index in [1.165, 1.54) is 0 Å². The lowest BCUT2D eigenvalue weighted by Gasteiger charge is -2.07. The maximum absolute atomic E-state index is 12.2. The quantitative estimate of drug-likeness (QED) is 0.784. The van der Waals surface area contributed by atoms with Crippen LogP contribution in [0.1, 0.15) is 11.1 Å². The Bertz CT molecular complexity index is 626. The predicted molar refractivity (Wildman–Crippen MR) is 88.4 cm³/mol. The van der Waals surface area contributed by atoms with E-state index in [-0.39, 0.29) is 5.78 Å². The largest absolute Gasteiger partial charge is 0.495 e. The summed E-state index contributed by atoms with van der Waals surface area (Å²) >= 11 is 12.1. The zero-order chi connectivity index (χ0) is 16.1. The lowest BCUT2D eigenvalue weighted by molar-refractivity contribution is -0.117. The highest BCUT2D eigenvalue weighted by atomic mass is 35.5. The van der Waals surface area contributed by atoms with Gasteiger partial charge in [0.1, 0.15) is 17.3 Å². The lowest BCUT2D eigenvalue weighted by atomic mass is 10.0. The predicted octanol–water partition coefficient (Wildman–Crippen LogP) is 4.36. The standard InChI is InChI=1S/C17H16Cl2O3/c1-21-16-5-3-11(9-14(16)18)7-13(20)8-12-4-6-17(22-2)15(19)10-12/h3-6,9-10H,7-8H2,1-2H3. The van der Waals surface area contributed by atoms with Crippen LogP contribution < -0.4 is 9.47 Å². The maximum Gasteiger partial charge on any atom is 0.141 e. The van der Waals surface area contributed by atoms with Crippen molar-refractivity contribution in [3.63, 3.8) is 0 Å². The van der Waals surface area contributed by atoms with Crippen LogP contribution in [0.15, 0.2) is 36.4 Å². The van der Waals surface area contributed by atoms with Crippen molar-refractivity contribution in [1.82, 2.24) is 0 Å². The number of ketones is 1. The summed E-state index contributed by atoms with van der Waals surface area (Å²) in [5.74, 6) is 1.28. The Kier molecular flexibility index (Phi) is 5.69. The van der Waals surface area contributed by atoms with Gasteiger partial charge in [-0.1, -0.05) is 35.3 Å². The van der Waals surface area contributed by atoms with Gasteiger partial charge >= 0.3 is 0 Å². The Morgan fingerprint density at radius 1 is 0.864 bits per heavy atom. The van der Waals surface area contributed by atoms with Gasteiger partial charge in [0.05, 0.1) is 24.3 Å². The van der Waals surface area contributed by atoms with Crippen molar-refractivity contribution in [3.8, 4) is 11.5 Å². The third-order valence-electron chi connectivity index (χ3n) is 3.23. The summed E-state index contributed by atoms with van der Waals surface area (Å²) in [6.45, 7) is 0. The third-order valence-corrected chi connectivity index (χ3v) is 3.83. The molecule has 0 atom stereocenters. The molecule has 0 saturated carbocycles. The van der Waals surface area contributed by atoms with Gasteiger partial charge in [-0.2, -0.15) is 0 Å². The van der Waals surface area contributed by atoms with E-state index >= 15 is 0 Å². The molecule has 0 radical (unpaired) electrons. The van der Waals surface area contributed by atoms with Crippen molar-refractivity contribution in [2.75, 3.05) is 14.2 Å². The highest BCUT2D eigenvalue weighted by molar-refractivity contribution is 6.32. The van der Waals surface area contributed by atoms with E-state index in [0.717, 1.165) is 11.1 Å². The second-order valence-corrected chi connectivity index (χ2v) is 5.64. The van der Waals surface area contributed by atoms with Crippen LogP contribution in [-0.4, -0.2) is 20.0 Å². The summed E-state index contributed by atoms with van der Waals surface area (Å²) in [5.41, 5.74) is 1.71. The summed E-state index contributed by atoms with van der Waals surface area (Å²) in [5, 5.41) is 1.00. The first-order valence-corrected chi connectivity index (χ1v) is 7.45. The summed E-state index contributed by atoms with van der Waals surface area (Å²) in [6.07, 6.45) is 0.626. The van der Waals surface area contributed by atoms with E-state index in [1.54, 1.807) is 38.5 Å². The Balaban J connectivity index is 2.04. The normalized spacial score (nSPS) is 10.4. The van der Waals surface area contributed by atoms with Crippen LogP contribution >= 0.6 is 23.2 Å². The molecular weight excluding hydrogens is 323 g/mol. The molecule has 0 aliphatic heterocycles. The highest BCUT2D eigenvalue weighted by Crippen LogP contribution is 2.26. The number of rotatable bonds is 6. The summed E-state index contributed by atoms with van der Waals surface area (Å²) in [6, 6.07) is 10.7. The molecule has 0 fully saturated rings. The second kappa shape index (κ2) is 7.52. The van der Waals surface area contributed by atoms with Crippen LogP contribution in [0.5, 0.6) is 11.5 Å². The molecule has 0 bridgehead atoms. The zero-order valence-electron chi connectivity index (χ0n) is 12.4. The number of benzene rings is 2. The Hall–Kier alpha value is -1.71. The summed E-state index contributed by atoms with van der Waals surface area (Å²) in [7, 11) is 3.11. The van der Waals surface area contributed by atoms with Gasteiger partial charge in [0, 0.05) is 12.8 Å². The molecule has 116 valence electrons. The molecule has 0 unspecified atom stereocenters. The van der Waals surface area contributed by atoms with Crippen molar-refractivity contribution >= 4 is 29.0 Å². The van der Waals surface area contributed by atoms with E-state index in [1.807, 2.05) is 12.1 Å². The van der Waals surface area contributed by atoms with Gasteiger partial charge in [0.2, 0.25) is 0 Å². The fourth-order valence-corrected chi connectivity index (χ4v) is 2.72. The molecule has 0 aliphatic carbocycles. The number of ether oxygens (including phenoxy) is 2. The molecular formula is C17H16Cl2O3. The van der Waals surface area contributed by atoms with E-state index < -0.39 is 0 Å². The van der Waals surface area contributed by atoms with Crippen LogP contribution in [-0.2, 0) is 17.6 Å². The van der Waals surface area contributed by atoms with Crippen molar-refractivity contribution in [2.45, 2.75) is 12.8 Å². The minimum absolute atomic E-state index is 0.0856. The summed E-state index contributed by atoms with van der Waals surface area (Å²) in [4.78, 5) is 12.2. The van der Waals surface area contributed by atoms with Gasteiger partial charge in [-0.25, -0.2) is 0 Å². The number of carbonyl (C=O) groups is 1. The number of hydrogen-bond acceptors (Lipinski definition) is 3. The Morgan fingerprint density at radius 2 is 1.27 bits per heavy atom. The molecule has 0 saturated heterocycles. The van der Waals surface area contributed by atoms with Crippen LogP contribution in [0.2, 0.25) is 10.0 Å². The van der Waals surface area contributed by atoms with Gasteiger partial charge in [-0.05, 0) is 35.4 Å². The van der Waals surface area contributed by atoms with Crippen LogP contribution in [0, 0.1) is 0 Å². The molecule has 0 aliphatic rings. The van der Waals surface area contributed by atoms with Crippen LogP contribution in [0.25, 0.3) is 0 Å². The van der Waals surface area contributed by atoms with Crippen LogP contribution in [0.3, 0.4) is 0 Å². The van der Waals surface area contributed by atoms with Crippen molar-refractivity contribution in [1.29, 1.82) is 0 Å². The first kappa shape index (κ1) is 16.7. The van der Waals surface area contributed by atoms with Crippen molar-refractivity contribution < 1.29 is 14.3 Å². The number of carbonyl (C=O) groups excluding carboxylic acids is 1. The molecule has 22 heavy (non-hydrogen) atoms. The van der Waals surface area contributed by atoms with E-state index in [9.17, 15) is 4.79 Å². The molecule has 3 nitrogen and oxygen atoms in total. The fourth-order valence-electron chi connectivity index (χ4n) is 2.16. The lowest BCUT2D eigenvalue weighted by Crippen LogP contribution is -2.06. The van der Waals surface area contributed by atoms with Crippen molar-refractivity contribution in [3.05, 3.63) is 57.6 Å². The molecule has 2 aromatic carbocycles. The van der Waals surface area contributed by atoms with Gasteiger partial charge < -0.3 is 9.47 Å². The molecule has 0 N–H and O–H groups in total. The number of methoxy groups -OCH3 is 2. The monoisotopic (exact) mass is 338 g/mol. The van der Waals surface area contributed by atoms with E-state index in [4.69, 9.17) is 32.7 Å².